The summed E-state index contributed by atoms with van der Waals surface area (Å²) in [6, 6.07) is 10.8. The maximum atomic E-state index is 14.0. The number of ether oxygens (including phenoxy) is 1. The molecule has 0 saturated heterocycles. The fourth-order valence-electron chi connectivity index (χ4n) is 5.26. The Kier molecular flexibility index (Phi) is 3.55. The van der Waals surface area contributed by atoms with Gasteiger partial charge in [0.05, 0.1) is 17.7 Å². The highest BCUT2D eigenvalue weighted by Gasteiger charge is 2.53. The van der Waals surface area contributed by atoms with Gasteiger partial charge in [0.2, 0.25) is 0 Å². The molecule has 1 aromatic heterocycles. The van der Waals surface area contributed by atoms with E-state index in [1.807, 2.05) is 24.3 Å². The lowest BCUT2D eigenvalue weighted by Crippen LogP contribution is -2.50. The van der Waals surface area contributed by atoms with Gasteiger partial charge in [-0.1, -0.05) is 20.8 Å². The summed E-state index contributed by atoms with van der Waals surface area (Å²) in [6.45, 7) is 9.11. The number of nitrogens with zero attached hydrogens (tertiary/aromatic N) is 1. The number of halogens is 1. The largest absolute Gasteiger partial charge is 0.508 e. The molecule has 4 heteroatoms. The summed E-state index contributed by atoms with van der Waals surface area (Å²) in [5.74, 6) is 0.685. The molecular formula is C24H26FNO2. The van der Waals surface area contributed by atoms with Gasteiger partial charge < -0.3 is 14.4 Å². The van der Waals surface area contributed by atoms with Crippen molar-refractivity contribution >= 4 is 10.9 Å². The van der Waals surface area contributed by atoms with Gasteiger partial charge in [-0.3, -0.25) is 0 Å². The van der Waals surface area contributed by atoms with Crippen LogP contribution >= 0.6 is 0 Å². The van der Waals surface area contributed by atoms with Crippen LogP contribution in [0, 0.1) is 18.7 Å². The Morgan fingerprint density at radius 2 is 1.89 bits per heavy atom. The van der Waals surface area contributed by atoms with Crippen molar-refractivity contribution in [1.82, 2.24) is 4.57 Å². The monoisotopic (exact) mass is 379 g/mol. The summed E-state index contributed by atoms with van der Waals surface area (Å²) in [4.78, 5) is 0. The third kappa shape index (κ3) is 2.30. The van der Waals surface area contributed by atoms with Gasteiger partial charge in [0, 0.05) is 27.7 Å². The van der Waals surface area contributed by atoms with E-state index >= 15 is 0 Å². The molecule has 0 unspecified atom stereocenters. The Morgan fingerprint density at radius 3 is 2.57 bits per heavy atom. The van der Waals surface area contributed by atoms with Crippen molar-refractivity contribution in [3.05, 3.63) is 59.0 Å². The third-order valence-corrected chi connectivity index (χ3v) is 6.51. The van der Waals surface area contributed by atoms with Crippen molar-refractivity contribution in [3.63, 3.8) is 0 Å². The lowest BCUT2D eigenvalue weighted by Gasteiger charge is -2.52. The summed E-state index contributed by atoms with van der Waals surface area (Å²) in [5.41, 5.74) is 4.56. The minimum atomic E-state index is -0.281. The molecule has 3 nitrogen and oxygen atoms in total. The lowest BCUT2D eigenvalue weighted by atomic mass is 9.64. The molecule has 1 saturated carbocycles. The first kappa shape index (κ1) is 17.7. The zero-order valence-electron chi connectivity index (χ0n) is 16.8. The van der Waals surface area contributed by atoms with Crippen LogP contribution in [0.25, 0.3) is 16.6 Å². The van der Waals surface area contributed by atoms with Crippen molar-refractivity contribution in [2.45, 2.75) is 51.6 Å². The smallest absolute Gasteiger partial charge is 0.126 e. The van der Waals surface area contributed by atoms with Crippen LogP contribution in [-0.4, -0.2) is 16.3 Å². The molecule has 0 amide bonds. The quantitative estimate of drug-likeness (QED) is 0.587. The zero-order valence-corrected chi connectivity index (χ0v) is 16.8. The summed E-state index contributed by atoms with van der Waals surface area (Å²) in [5, 5.41) is 11.3. The first-order chi connectivity index (χ1) is 13.2. The highest BCUT2D eigenvalue weighted by atomic mass is 19.1. The lowest BCUT2D eigenvalue weighted by molar-refractivity contribution is -0.155. The van der Waals surface area contributed by atoms with Crippen LogP contribution in [0.1, 0.15) is 50.4 Å². The maximum absolute atomic E-state index is 14.0. The van der Waals surface area contributed by atoms with E-state index in [1.165, 1.54) is 17.3 Å². The molecule has 0 bridgehead atoms. The predicted octanol–water partition coefficient (Wildman–Crippen LogP) is 5.72. The van der Waals surface area contributed by atoms with Gasteiger partial charge in [0.15, 0.2) is 0 Å². The van der Waals surface area contributed by atoms with Gasteiger partial charge in [-0.15, -0.1) is 0 Å². The van der Waals surface area contributed by atoms with Gasteiger partial charge in [-0.05, 0) is 67.6 Å². The average molecular weight is 379 g/mol. The van der Waals surface area contributed by atoms with Gasteiger partial charge in [0.1, 0.15) is 11.6 Å². The van der Waals surface area contributed by atoms with E-state index in [0.29, 0.717) is 18.1 Å². The molecule has 1 spiro atoms. The molecule has 1 aliphatic heterocycles. The Hall–Kier alpha value is -2.33. The minimum Gasteiger partial charge on any atom is -0.508 e. The first-order valence-corrected chi connectivity index (χ1v) is 10.0. The molecule has 0 atom stereocenters. The number of phenols is 1. The summed E-state index contributed by atoms with van der Waals surface area (Å²) < 4.78 is 22.7. The summed E-state index contributed by atoms with van der Waals surface area (Å²) >= 11 is 0. The van der Waals surface area contributed by atoms with Crippen LogP contribution in [0.4, 0.5) is 4.39 Å². The fraction of sp³-hybridized carbons (Fsp3) is 0.417. The van der Waals surface area contributed by atoms with E-state index in [0.717, 1.165) is 29.4 Å². The predicted molar refractivity (Wildman–Crippen MR) is 109 cm³/mol. The van der Waals surface area contributed by atoms with Gasteiger partial charge in [-0.2, -0.15) is 0 Å². The van der Waals surface area contributed by atoms with E-state index in [4.69, 9.17) is 4.74 Å². The van der Waals surface area contributed by atoms with Crippen LogP contribution in [-0.2, 0) is 15.8 Å². The van der Waals surface area contributed by atoms with Gasteiger partial charge >= 0.3 is 0 Å². The normalized spacial score (nSPS) is 25.7. The van der Waals surface area contributed by atoms with Gasteiger partial charge in [0.25, 0.3) is 0 Å². The molecule has 0 radical (unpaired) electrons. The van der Waals surface area contributed by atoms with Crippen LogP contribution < -0.4 is 0 Å². The third-order valence-electron chi connectivity index (χ3n) is 6.51. The van der Waals surface area contributed by atoms with Crippen LogP contribution in [0.5, 0.6) is 5.75 Å². The highest BCUT2D eigenvalue weighted by Crippen LogP contribution is 2.57. The molecule has 2 aliphatic rings. The van der Waals surface area contributed by atoms with E-state index < -0.39 is 0 Å². The molecule has 1 fully saturated rings. The van der Waals surface area contributed by atoms with E-state index in [9.17, 15) is 9.50 Å². The highest BCUT2D eigenvalue weighted by molar-refractivity contribution is 5.90. The molecule has 1 aliphatic carbocycles. The Morgan fingerprint density at radius 1 is 1.14 bits per heavy atom. The van der Waals surface area contributed by atoms with Crippen molar-refractivity contribution in [2.75, 3.05) is 6.61 Å². The number of phenolic OH excluding ortho intramolecular Hbond substituents is 1. The molecule has 2 aromatic carbocycles. The topological polar surface area (TPSA) is 34.4 Å². The molecule has 2 heterocycles. The number of fused-ring (bicyclic) bond motifs is 4. The first-order valence-electron chi connectivity index (χ1n) is 10.0. The molecular weight excluding hydrogens is 353 g/mol. The second kappa shape index (κ2) is 5.60. The maximum Gasteiger partial charge on any atom is 0.126 e. The molecule has 28 heavy (non-hydrogen) atoms. The van der Waals surface area contributed by atoms with Crippen molar-refractivity contribution in [1.29, 1.82) is 0 Å². The van der Waals surface area contributed by atoms with Crippen molar-refractivity contribution in [3.8, 4) is 11.4 Å². The number of benzene rings is 2. The van der Waals surface area contributed by atoms with Crippen molar-refractivity contribution < 1.29 is 14.2 Å². The fourth-order valence-corrected chi connectivity index (χ4v) is 5.26. The number of aryl methyl sites for hydroxylation is 1. The number of aromatic hydroxyl groups is 1. The van der Waals surface area contributed by atoms with E-state index in [-0.39, 0.29) is 22.6 Å². The Bertz CT molecular complexity index is 1110. The number of aromatic nitrogens is 1. The molecule has 1 N–H and O–H groups in total. The second-order valence-corrected chi connectivity index (χ2v) is 9.37. The number of rotatable bonds is 1. The SMILES string of the molecule is Cc1cc(-n2c3c(c4cc(O)ccc42)[C@]2(C[C@H](C)C2)OCC3(C)C)ccc1F. The van der Waals surface area contributed by atoms with Crippen LogP contribution in [0.2, 0.25) is 0 Å². The van der Waals surface area contributed by atoms with E-state index in [2.05, 4.69) is 25.3 Å². The van der Waals surface area contributed by atoms with E-state index in [1.54, 1.807) is 13.0 Å². The second-order valence-electron chi connectivity index (χ2n) is 9.37. The van der Waals surface area contributed by atoms with Crippen LogP contribution in [0.3, 0.4) is 0 Å². The van der Waals surface area contributed by atoms with Crippen molar-refractivity contribution in [2.24, 2.45) is 5.92 Å². The number of hydrogen-bond donors (Lipinski definition) is 1. The standard InChI is InChI=1S/C24H26FNO2/c1-14-11-24(12-14)21-18-10-17(27)6-8-20(18)26(22(21)23(3,4)13-28-24)16-5-7-19(25)15(2)9-16/h5-10,14,27H,11-13H2,1-4H3/t14-,24+. The van der Waals surface area contributed by atoms with Gasteiger partial charge in [-0.25, -0.2) is 4.39 Å². The summed E-state index contributed by atoms with van der Waals surface area (Å²) in [6.07, 6.45) is 1.99. The zero-order chi connectivity index (χ0) is 19.8. The summed E-state index contributed by atoms with van der Waals surface area (Å²) in [7, 11) is 0. The number of hydrogen-bond acceptors (Lipinski definition) is 2. The Balaban J connectivity index is 1.90. The molecule has 3 aromatic rings. The van der Waals surface area contributed by atoms with Crippen LogP contribution in [0.15, 0.2) is 36.4 Å². The molecule has 5 rings (SSSR count). The minimum absolute atomic E-state index is 0.196. The average Bonchev–Trinajstić information content (AvgIpc) is 2.95. The Labute approximate surface area is 164 Å². The molecule has 146 valence electrons.